The fourth-order valence-electron chi connectivity index (χ4n) is 4.70. The van der Waals surface area contributed by atoms with E-state index in [9.17, 15) is 28.4 Å². The van der Waals surface area contributed by atoms with Gasteiger partial charge in [0.1, 0.15) is 23.2 Å². The zero-order chi connectivity index (χ0) is 35.5. The monoisotopic (exact) mass is 707 g/mol. The van der Waals surface area contributed by atoms with Crippen LogP contribution >= 0.6 is 11.6 Å². The summed E-state index contributed by atoms with van der Waals surface area (Å²) in [7, 11) is -2.74. The summed E-state index contributed by atoms with van der Waals surface area (Å²) in [4.78, 5) is 26.0. The van der Waals surface area contributed by atoms with Gasteiger partial charge >= 0.3 is 12.1 Å². The van der Waals surface area contributed by atoms with Crippen molar-refractivity contribution in [3.05, 3.63) is 58.1 Å². The quantitative estimate of drug-likeness (QED) is 0.202. The Labute approximate surface area is 286 Å². The Morgan fingerprint density at radius 2 is 1.88 bits per heavy atom. The van der Waals surface area contributed by atoms with Gasteiger partial charge in [-0.3, -0.25) is 9.52 Å². The van der Waals surface area contributed by atoms with Crippen LogP contribution in [0.15, 0.2) is 36.4 Å². The standard InChI is InChI=1S/C33H42ClN3O10S/c1-6-44-30(39)20-48(41,42)36-27-10-12-29(46-25-13-15-37(16-14-25)32(40)47-33(2,3)4)31(34)26(27)18-24(38)9-8-23-17-22(19-35)7-11-28(23)45-21-43-5/h7-12,17,24-25,36,38H,6,13-16,18,20-21H2,1-5H3/b9-8+. The molecule has 0 aliphatic carbocycles. The summed E-state index contributed by atoms with van der Waals surface area (Å²) in [5.74, 6) is -1.18. The van der Waals surface area contributed by atoms with Gasteiger partial charge in [0.25, 0.3) is 0 Å². The Bertz CT molecular complexity index is 1610. The van der Waals surface area contributed by atoms with Crippen LogP contribution in [0.3, 0.4) is 0 Å². The number of carbonyl (C=O) groups excluding carboxylic acids is 2. The molecule has 1 aliphatic rings. The molecule has 1 unspecified atom stereocenters. The van der Waals surface area contributed by atoms with Gasteiger partial charge in [-0.15, -0.1) is 0 Å². The molecule has 3 rings (SSSR count). The van der Waals surface area contributed by atoms with Crippen molar-refractivity contribution in [3.8, 4) is 17.6 Å². The van der Waals surface area contributed by atoms with Crippen molar-refractivity contribution in [3.63, 3.8) is 0 Å². The third kappa shape index (κ3) is 11.9. The van der Waals surface area contributed by atoms with Crippen molar-refractivity contribution in [1.82, 2.24) is 4.90 Å². The van der Waals surface area contributed by atoms with E-state index < -0.39 is 39.5 Å². The molecule has 1 atom stereocenters. The van der Waals surface area contributed by atoms with Crippen molar-refractivity contribution in [2.24, 2.45) is 0 Å². The van der Waals surface area contributed by atoms with Gasteiger partial charge in [-0.2, -0.15) is 5.26 Å². The number of nitriles is 1. The molecular weight excluding hydrogens is 666 g/mol. The number of halogens is 1. The van der Waals surface area contributed by atoms with Crippen LogP contribution in [-0.2, 0) is 35.4 Å². The fourth-order valence-corrected chi connectivity index (χ4v) is 5.98. The highest BCUT2D eigenvalue weighted by molar-refractivity contribution is 7.93. The van der Waals surface area contributed by atoms with Gasteiger partial charge in [0, 0.05) is 50.6 Å². The smallest absolute Gasteiger partial charge is 0.410 e. The topological polar surface area (TPSA) is 174 Å². The van der Waals surface area contributed by atoms with Crippen LogP contribution in [-0.4, -0.2) is 87.6 Å². The Kier molecular flexibility index (Phi) is 13.9. The molecule has 2 N–H and O–H groups in total. The average Bonchev–Trinajstić information content (AvgIpc) is 3.01. The van der Waals surface area contributed by atoms with Gasteiger partial charge in [-0.05, 0) is 58.0 Å². The second-order valence-corrected chi connectivity index (χ2v) is 14.0. The third-order valence-corrected chi connectivity index (χ3v) is 8.42. The first-order chi connectivity index (χ1) is 22.6. The molecule has 1 amide bonds. The van der Waals surface area contributed by atoms with Crippen LogP contribution in [0.1, 0.15) is 57.2 Å². The lowest BCUT2D eigenvalue weighted by atomic mass is 10.0. The molecule has 1 aliphatic heterocycles. The van der Waals surface area contributed by atoms with E-state index in [2.05, 4.69) is 10.8 Å². The number of nitrogens with zero attached hydrogens (tertiary/aromatic N) is 2. The van der Waals surface area contributed by atoms with Crippen LogP contribution in [0.2, 0.25) is 5.02 Å². The van der Waals surface area contributed by atoms with Gasteiger partial charge < -0.3 is 33.7 Å². The molecule has 0 bridgehead atoms. The Morgan fingerprint density at radius 3 is 2.50 bits per heavy atom. The van der Waals surface area contributed by atoms with Crippen LogP contribution in [0.5, 0.6) is 11.5 Å². The molecule has 2 aromatic carbocycles. The number of hydrogen-bond acceptors (Lipinski definition) is 11. The van der Waals surface area contributed by atoms with Crippen LogP contribution in [0, 0.1) is 11.3 Å². The van der Waals surface area contributed by atoms with Crippen molar-refractivity contribution >= 4 is 45.5 Å². The van der Waals surface area contributed by atoms with Crippen LogP contribution < -0.4 is 14.2 Å². The summed E-state index contributed by atoms with van der Waals surface area (Å²) >= 11 is 6.81. The lowest BCUT2D eigenvalue weighted by Gasteiger charge is -2.33. The number of benzene rings is 2. The number of likely N-dealkylation sites (tertiary alicyclic amines) is 1. The van der Waals surface area contributed by atoms with Crippen LogP contribution in [0.25, 0.3) is 6.08 Å². The molecule has 0 spiro atoms. The number of carbonyl (C=O) groups is 2. The van der Waals surface area contributed by atoms with Crippen molar-refractivity contribution in [2.45, 2.75) is 64.8 Å². The van der Waals surface area contributed by atoms with E-state index in [1.807, 2.05) is 0 Å². The Hall–Kier alpha value is -4.03. The minimum atomic E-state index is -4.21. The first-order valence-corrected chi connectivity index (χ1v) is 17.3. The van der Waals surface area contributed by atoms with Gasteiger partial charge in [0.2, 0.25) is 10.0 Å². The highest BCUT2D eigenvalue weighted by atomic mass is 35.5. The highest BCUT2D eigenvalue weighted by Gasteiger charge is 2.29. The number of ether oxygens (including phenoxy) is 5. The van der Waals surface area contributed by atoms with Crippen molar-refractivity contribution in [2.75, 3.05) is 44.1 Å². The van der Waals surface area contributed by atoms with Gasteiger partial charge in [0.05, 0.1) is 35.1 Å². The SMILES string of the molecule is CCOC(=O)CS(=O)(=O)Nc1ccc(OC2CCN(C(=O)OC(C)(C)C)CC2)c(Cl)c1CC(O)/C=C/c1cc(C#N)ccc1OCOC. The maximum atomic E-state index is 12.8. The molecule has 0 radical (unpaired) electrons. The second kappa shape index (κ2) is 17.4. The molecule has 1 fully saturated rings. The van der Waals surface area contributed by atoms with Gasteiger partial charge in [-0.25, -0.2) is 13.2 Å². The molecule has 13 nitrogen and oxygen atoms in total. The number of sulfonamides is 1. The maximum absolute atomic E-state index is 12.8. The molecule has 48 heavy (non-hydrogen) atoms. The average molecular weight is 708 g/mol. The Morgan fingerprint density at radius 1 is 1.19 bits per heavy atom. The number of methoxy groups -OCH3 is 1. The van der Waals surface area contributed by atoms with E-state index in [1.54, 1.807) is 56.9 Å². The largest absolute Gasteiger partial charge is 0.489 e. The first kappa shape index (κ1) is 38.4. The minimum absolute atomic E-state index is 0.0161. The summed E-state index contributed by atoms with van der Waals surface area (Å²) in [6, 6.07) is 9.77. The predicted molar refractivity (Wildman–Crippen MR) is 179 cm³/mol. The highest BCUT2D eigenvalue weighted by Crippen LogP contribution is 2.37. The first-order valence-electron chi connectivity index (χ1n) is 15.3. The van der Waals surface area contributed by atoms with E-state index in [4.69, 9.17) is 35.3 Å². The second-order valence-electron chi connectivity index (χ2n) is 11.9. The zero-order valence-corrected chi connectivity index (χ0v) is 29.2. The number of aliphatic hydroxyl groups is 1. The van der Waals surface area contributed by atoms with Gasteiger partial charge in [-0.1, -0.05) is 23.8 Å². The molecule has 15 heteroatoms. The number of rotatable bonds is 14. The molecule has 1 saturated heterocycles. The molecule has 0 saturated carbocycles. The summed E-state index contributed by atoms with van der Waals surface area (Å²) in [5.41, 5.74) is 0.512. The number of anilines is 1. The lowest BCUT2D eigenvalue weighted by molar-refractivity contribution is -0.139. The van der Waals surface area contributed by atoms with Crippen LogP contribution in [0.4, 0.5) is 10.5 Å². The van der Waals surface area contributed by atoms with E-state index >= 15 is 0 Å². The zero-order valence-electron chi connectivity index (χ0n) is 27.7. The number of nitrogens with one attached hydrogen (secondary N) is 1. The van der Waals surface area contributed by atoms with E-state index in [-0.39, 0.29) is 47.9 Å². The molecule has 1 heterocycles. The van der Waals surface area contributed by atoms with E-state index in [1.165, 1.54) is 25.3 Å². The summed E-state index contributed by atoms with van der Waals surface area (Å²) in [6.07, 6.45) is 1.95. The Balaban J connectivity index is 1.86. The van der Waals surface area contributed by atoms with Crippen molar-refractivity contribution in [1.29, 1.82) is 5.26 Å². The van der Waals surface area contributed by atoms with E-state index in [0.29, 0.717) is 42.8 Å². The van der Waals surface area contributed by atoms with Crippen molar-refractivity contribution < 1.29 is 46.8 Å². The molecular formula is C33H42ClN3O10S. The predicted octanol–water partition coefficient (Wildman–Crippen LogP) is 4.89. The molecule has 262 valence electrons. The normalized spacial score (nSPS) is 14.7. The summed E-state index contributed by atoms with van der Waals surface area (Å²) < 4.78 is 55.1. The number of esters is 1. The lowest BCUT2D eigenvalue weighted by Crippen LogP contribution is -2.44. The number of amides is 1. The molecule has 2 aromatic rings. The molecule has 0 aromatic heterocycles. The number of aliphatic hydroxyl groups excluding tert-OH is 1. The number of hydrogen-bond donors (Lipinski definition) is 2. The minimum Gasteiger partial charge on any atom is -0.489 e. The fraction of sp³-hybridized carbons (Fsp3) is 0.485. The number of piperidine rings is 1. The van der Waals surface area contributed by atoms with E-state index in [0.717, 1.165) is 0 Å². The summed E-state index contributed by atoms with van der Waals surface area (Å²) in [5, 5.41) is 20.5. The van der Waals surface area contributed by atoms with Gasteiger partial charge in [0.15, 0.2) is 12.5 Å². The third-order valence-electron chi connectivity index (χ3n) is 6.86. The maximum Gasteiger partial charge on any atom is 0.410 e. The summed E-state index contributed by atoms with van der Waals surface area (Å²) in [6.45, 7) is 7.76.